The van der Waals surface area contributed by atoms with Crippen LogP contribution in [0.15, 0.2) is 59.5 Å². The third-order valence-corrected chi connectivity index (χ3v) is 3.90. The summed E-state index contributed by atoms with van der Waals surface area (Å²) in [4.78, 5) is 20.4. The maximum atomic E-state index is 13.5. The van der Waals surface area contributed by atoms with E-state index >= 15 is 0 Å². The van der Waals surface area contributed by atoms with E-state index in [0.29, 0.717) is 4.52 Å². The second-order valence-corrected chi connectivity index (χ2v) is 5.85. The van der Waals surface area contributed by atoms with Gasteiger partial charge < -0.3 is 9.73 Å². The minimum Gasteiger partial charge on any atom is -0.463 e. The Morgan fingerprint density at radius 1 is 1.21 bits per heavy atom. The number of furan rings is 1. The third-order valence-electron chi connectivity index (χ3n) is 3.90. The smallest absolute Gasteiger partial charge is 0.433 e. The molecule has 0 aliphatic heterocycles. The Balaban J connectivity index is 1.70. The highest BCUT2D eigenvalue weighted by Crippen LogP contribution is 2.32. The topological polar surface area (TPSA) is 85.3 Å². The first-order valence-corrected chi connectivity index (χ1v) is 8.11. The fourth-order valence-electron chi connectivity index (χ4n) is 2.61. The largest absolute Gasteiger partial charge is 0.463 e. The van der Waals surface area contributed by atoms with Crippen molar-refractivity contribution < 1.29 is 22.4 Å². The summed E-state index contributed by atoms with van der Waals surface area (Å²) in [5, 5.41) is 6.38. The van der Waals surface area contributed by atoms with Gasteiger partial charge in [-0.3, -0.25) is 9.78 Å². The summed E-state index contributed by atoms with van der Waals surface area (Å²) in [6.45, 7) is 0.164. The summed E-state index contributed by atoms with van der Waals surface area (Å²) >= 11 is 0. The average molecular weight is 387 g/mol. The molecule has 0 spiro atoms. The van der Waals surface area contributed by atoms with Crippen molar-refractivity contribution in [3.05, 3.63) is 72.0 Å². The lowest BCUT2D eigenvalue weighted by Gasteiger charge is -2.09. The quantitative estimate of drug-likeness (QED) is 0.581. The van der Waals surface area contributed by atoms with E-state index in [-0.39, 0.29) is 29.3 Å². The molecule has 0 atom stereocenters. The van der Waals surface area contributed by atoms with E-state index in [2.05, 4.69) is 20.4 Å². The maximum absolute atomic E-state index is 13.5. The number of pyridine rings is 1. The Morgan fingerprint density at radius 2 is 2.07 bits per heavy atom. The Hall–Kier alpha value is -3.69. The molecule has 0 aliphatic rings. The van der Waals surface area contributed by atoms with E-state index in [1.165, 1.54) is 18.4 Å². The molecule has 28 heavy (non-hydrogen) atoms. The van der Waals surface area contributed by atoms with E-state index in [1.807, 2.05) is 0 Å². The first-order chi connectivity index (χ1) is 13.4. The van der Waals surface area contributed by atoms with Gasteiger partial charge in [0.25, 0.3) is 5.91 Å². The second-order valence-electron chi connectivity index (χ2n) is 5.85. The third kappa shape index (κ3) is 3.43. The Kier molecular flexibility index (Phi) is 4.30. The minimum atomic E-state index is -4.70. The number of carbonyl (C=O) groups excluding carboxylic acids is 1. The summed E-state index contributed by atoms with van der Waals surface area (Å²) in [5.74, 6) is -0.446. The van der Waals surface area contributed by atoms with Gasteiger partial charge in [0, 0.05) is 25.0 Å². The molecule has 142 valence electrons. The molecule has 0 fully saturated rings. The molecule has 1 amide bonds. The zero-order valence-electron chi connectivity index (χ0n) is 14.1. The fraction of sp³-hybridized carbons (Fsp3) is 0.111. The number of hydrogen-bond donors (Lipinski definition) is 1. The van der Waals surface area contributed by atoms with Gasteiger partial charge in [0.1, 0.15) is 5.69 Å². The van der Waals surface area contributed by atoms with Crippen molar-refractivity contribution in [2.75, 3.05) is 0 Å². The van der Waals surface area contributed by atoms with Crippen LogP contribution < -0.4 is 5.32 Å². The van der Waals surface area contributed by atoms with Gasteiger partial charge in [0.15, 0.2) is 22.8 Å². The molecule has 4 heterocycles. The van der Waals surface area contributed by atoms with Crippen molar-refractivity contribution in [2.45, 2.75) is 12.7 Å². The molecule has 0 aliphatic carbocycles. The van der Waals surface area contributed by atoms with Crippen molar-refractivity contribution in [1.29, 1.82) is 0 Å². The summed E-state index contributed by atoms with van der Waals surface area (Å²) in [7, 11) is 0. The number of nitrogens with zero attached hydrogens (tertiary/aromatic N) is 4. The number of nitrogens with one attached hydrogen (secondary N) is 1. The van der Waals surface area contributed by atoms with Gasteiger partial charge in [-0.1, -0.05) is 6.07 Å². The molecular weight excluding hydrogens is 375 g/mol. The second kappa shape index (κ2) is 6.80. The Bertz CT molecular complexity index is 1120. The molecule has 10 heteroatoms. The van der Waals surface area contributed by atoms with Crippen LogP contribution in [0.2, 0.25) is 0 Å². The highest BCUT2D eigenvalue weighted by atomic mass is 19.4. The van der Waals surface area contributed by atoms with Crippen LogP contribution in [0.25, 0.3) is 17.1 Å². The average Bonchev–Trinajstić information content (AvgIpc) is 3.34. The molecule has 0 unspecified atom stereocenters. The molecule has 0 bridgehead atoms. The number of rotatable bonds is 4. The monoisotopic (exact) mass is 387 g/mol. The predicted octanol–water partition coefficient (Wildman–Crippen LogP) is 3.33. The maximum Gasteiger partial charge on any atom is 0.433 e. The highest BCUT2D eigenvalue weighted by molar-refractivity contribution is 5.93. The van der Waals surface area contributed by atoms with E-state index in [4.69, 9.17) is 4.42 Å². The fourth-order valence-corrected chi connectivity index (χ4v) is 2.61. The van der Waals surface area contributed by atoms with Gasteiger partial charge in [-0.25, -0.2) is 9.50 Å². The molecule has 1 N–H and O–H groups in total. The Labute approximate surface area is 155 Å². The van der Waals surface area contributed by atoms with E-state index < -0.39 is 17.8 Å². The normalized spacial score (nSPS) is 11.7. The van der Waals surface area contributed by atoms with Gasteiger partial charge in [-0.2, -0.15) is 18.3 Å². The van der Waals surface area contributed by atoms with Gasteiger partial charge in [0.2, 0.25) is 0 Å². The summed E-state index contributed by atoms with van der Waals surface area (Å²) in [6.07, 6.45) is -0.197. The van der Waals surface area contributed by atoms with Crippen LogP contribution in [0, 0.1) is 0 Å². The molecule has 0 saturated carbocycles. The standard InChI is InChI=1S/C18H12F3N5O2/c19-18(20,21)15-7-12(14-4-2-6-28-14)24-16-8-13(25-26(15)16)17(27)23-10-11-3-1-5-22-9-11/h1-9H,10H2,(H,23,27). The number of carbonyl (C=O) groups is 1. The molecule has 0 radical (unpaired) electrons. The molecule has 7 nitrogen and oxygen atoms in total. The van der Waals surface area contributed by atoms with Crippen molar-refractivity contribution in [3.8, 4) is 11.5 Å². The molecule has 0 saturated heterocycles. The van der Waals surface area contributed by atoms with Crippen molar-refractivity contribution in [3.63, 3.8) is 0 Å². The van der Waals surface area contributed by atoms with Crippen LogP contribution in [0.5, 0.6) is 0 Å². The van der Waals surface area contributed by atoms with Gasteiger partial charge in [0.05, 0.1) is 6.26 Å². The highest BCUT2D eigenvalue weighted by Gasteiger charge is 2.36. The number of amides is 1. The lowest BCUT2D eigenvalue weighted by Crippen LogP contribution is -2.23. The van der Waals surface area contributed by atoms with Crippen LogP contribution in [0.4, 0.5) is 13.2 Å². The molecular formula is C18H12F3N5O2. The molecule has 4 aromatic rings. The lowest BCUT2D eigenvalue weighted by atomic mass is 10.2. The van der Waals surface area contributed by atoms with E-state index in [0.717, 1.165) is 11.6 Å². The number of fused-ring (bicyclic) bond motifs is 1. The van der Waals surface area contributed by atoms with Crippen LogP contribution in [0.3, 0.4) is 0 Å². The number of aromatic nitrogens is 4. The molecule has 4 rings (SSSR count). The van der Waals surface area contributed by atoms with Crippen LogP contribution >= 0.6 is 0 Å². The summed E-state index contributed by atoms with van der Waals surface area (Å²) in [6, 6.07) is 8.54. The van der Waals surface area contributed by atoms with Crippen molar-refractivity contribution in [1.82, 2.24) is 24.9 Å². The molecule has 4 aromatic heterocycles. The SMILES string of the molecule is O=C(NCc1cccnc1)c1cc2nc(-c3ccco3)cc(C(F)(F)F)n2n1. The minimum absolute atomic E-state index is 0.00737. The van der Waals surface area contributed by atoms with Gasteiger partial charge in [-0.15, -0.1) is 0 Å². The van der Waals surface area contributed by atoms with Gasteiger partial charge in [-0.05, 0) is 29.8 Å². The van der Waals surface area contributed by atoms with Crippen molar-refractivity contribution >= 4 is 11.6 Å². The number of alkyl halides is 3. The zero-order valence-corrected chi connectivity index (χ0v) is 14.1. The van der Waals surface area contributed by atoms with Crippen LogP contribution in [-0.2, 0) is 12.7 Å². The number of halogens is 3. The number of hydrogen-bond acceptors (Lipinski definition) is 5. The van der Waals surface area contributed by atoms with Crippen LogP contribution in [-0.4, -0.2) is 25.5 Å². The van der Waals surface area contributed by atoms with E-state index in [9.17, 15) is 18.0 Å². The van der Waals surface area contributed by atoms with E-state index in [1.54, 1.807) is 30.6 Å². The Morgan fingerprint density at radius 3 is 2.75 bits per heavy atom. The lowest BCUT2D eigenvalue weighted by molar-refractivity contribution is -0.142. The molecule has 0 aromatic carbocycles. The summed E-state index contributed by atoms with van der Waals surface area (Å²) in [5.41, 5.74) is -0.623. The van der Waals surface area contributed by atoms with Crippen LogP contribution in [0.1, 0.15) is 21.7 Å². The first-order valence-electron chi connectivity index (χ1n) is 8.11. The predicted molar refractivity (Wildman–Crippen MR) is 91.1 cm³/mol. The first kappa shape index (κ1) is 17.7. The van der Waals surface area contributed by atoms with Crippen molar-refractivity contribution in [2.24, 2.45) is 0 Å². The zero-order chi connectivity index (χ0) is 19.7. The summed E-state index contributed by atoms with van der Waals surface area (Å²) < 4.78 is 46.2. The van der Waals surface area contributed by atoms with Gasteiger partial charge >= 0.3 is 6.18 Å².